The minimum absolute atomic E-state index is 1.08. The number of fused-ring (bicyclic) bond motifs is 11. The van der Waals surface area contributed by atoms with Crippen LogP contribution in [-0.4, -0.2) is 9.13 Å². The summed E-state index contributed by atoms with van der Waals surface area (Å²) in [7, 11) is 0. The van der Waals surface area contributed by atoms with Gasteiger partial charge in [-0.25, -0.2) is 0 Å². The molecule has 0 saturated heterocycles. The van der Waals surface area contributed by atoms with Crippen LogP contribution in [0.1, 0.15) is 0 Å². The lowest BCUT2D eigenvalue weighted by atomic mass is 9.96. The zero-order chi connectivity index (χ0) is 55.2. The molecule has 0 aliphatic carbocycles. The summed E-state index contributed by atoms with van der Waals surface area (Å²) in [6.07, 6.45) is 0. The SMILES string of the molecule is c1ccc(N(c2ccc3cc4cc(-n5c6ccccc6c6cc(-c7cccc(N(c8ccccc8)c8c9ccccc9c(-n9c%10ccccc%10c%10ccccc%109)c9ccccc89)c7)ccc65)ccc4cc3c2)c2cccc3ccccc23)cc1. The molecule has 0 N–H and O–H groups in total. The van der Waals surface area contributed by atoms with E-state index in [1.165, 1.54) is 103 Å². The second-order valence-electron chi connectivity index (χ2n) is 22.0. The molecule has 0 saturated carbocycles. The lowest BCUT2D eigenvalue weighted by Crippen LogP contribution is -2.12. The third-order valence-corrected chi connectivity index (χ3v) is 17.3. The Morgan fingerprint density at radius 1 is 0.214 bits per heavy atom. The van der Waals surface area contributed by atoms with Gasteiger partial charge in [0.15, 0.2) is 0 Å². The predicted octanol–water partition coefficient (Wildman–Crippen LogP) is 22.3. The van der Waals surface area contributed by atoms with Crippen molar-refractivity contribution in [2.75, 3.05) is 9.80 Å². The van der Waals surface area contributed by atoms with Gasteiger partial charge in [0, 0.05) is 76.9 Å². The molecule has 4 nitrogen and oxygen atoms in total. The number of benzene rings is 15. The number of nitrogens with zero attached hydrogens (tertiary/aromatic N) is 4. The molecule has 0 amide bonds. The highest BCUT2D eigenvalue weighted by molar-refractivity contribution is 6.22. The maximum Gasteiger partial charge on any atom is 0.0620 e. The molecule has 4 heteroatoms. The van der Waals surface area contributed by atoms with E-state index in [1.807, 2.05) is 0 Å². The van der Waals surface area contributed by atoms with E-state index < -0.39 is 0 Å². The van der Waals surface area contributed by atoms with E-state index in [-0.39, 0.29) is 0 Å². The molecule has 17 aromatic rings. The molecule has 0 aliphatic heterocycles. The Hall–Kier alpha value is -11.2. The first-order valence-electron chi connectivity index (χ1n) is 28.9. The van der Waals surface area contributed by atoms with E-state index >= 15 is 0 Å². The van der Waals surface area contributed by atoms with E-state index in [9.17, 15) is 0 Å². The fourth-order valence-electron chi connectivity index (χ4n) is 13.6. The summed E-state index contributed by atoms with van der Waals surface area (Å²) >= 11 is 0. The average molecular weight is 1070 g/mol. The molecular formula is C80H52N4. The molecule has 0 aliphatic rings. The van der Waals surface area contributed by atoms with Crippen molar-refractivity contribution in [2.45, 2.75) is 0 Å². The molecule has 2 heterocycles. The van der Waals surface area contributed by atoms with Crippen LogP contribution in [0.2, 0.25) is 0 Å². The Morgan fingerprint density at radius 3 is 1.35 bits per heavy atom. The van der Waals surface area contributed by atoms with Gasteiger partial charge in [0.05, 0.1) is 39.1 Å². The number of aromatic nitrogens is 2. The summed E-state index contributed by atoms with van der Waals surface area (Å²) in [6, 6.07) is 116. The second-order valence-corrected chi connectivity index (χ2v) is 22.0. The Kier molecular flexibility index (Phi) is 10.9. The maximum absolute atomic E-state index is 2.49. The molecule has 0 unspecified atom stereocenters. The van der Waals surface area contributed by atoms with Crippen molar-refractivity contribution >= 4 is 132 Å². The first kappa shape index (κ1) is 47.6. The fourth-order valence-corrected chi connectivity index (χ4v) is 13.6. The summed E-state index contributed by atoms with van der Waals surface area (Å²) in [5.74, 6) is 0. The molecule has 0 bridgehead atoms. The molecule has 17 rings (SSSR count). The molecular weight excluding hydrogens is 1020 g/mol. The van der Waals surface area contributed by atoms with Gasteiger partial charge in [0.2, 0.25) is 0 Å². The average Bonchev–Trinajstić information content (AvgIpc) is 2.47. The van der Waals surface area contributed by atoms with Crippen molar-refractivity contribution in [1.82, 2.24) is 9.13 Å². The summed E-state index contributed by atoms with van der Waals surface area (Å²) in [5.41, 5.74) is 16.1. The number of hydrogen-bond acceptors (Lipinski definition) is 2. The van der Waals surface area contributed by atoms with E-state index in [1.54, 1.807) is 0 Å². The Balaban J connectivity index is 0.776. The molecule has 15 aromatic carbocycles. The van der Waals surface area contributed by atoms with Gasteiger partial charge in [-0.05, 0) is 147 Å². The number of para-hydroxylation sites is 5. The normalized spacial score (nSPS) is 11.8. The lowest BCUT2D eigenvalue weighted by molar-refractivity contribution is 1.19. The van der Waals surface area contributed by atoms with Gasteiger partial charge in [0.25, 0.3) is 0 Å². The van der Waals surface area contributed by atoms with Crippen molar-refractivity contribution in [2.24, 2.45) is 0 Å². The van der Waals surface area contributed by atoms with Gasteiger partial charge >= 0.3 is 0 Å². The first-order valence-corrected chi connectivity index (χ1v) is 28.9. The van der Waals surface area contributed by atoms with Gasteiger partial charge in [-0.3, -0.25) is 0 Å². The Labute approximate surface area is 485 Å². The van der Waals surface area contributed by atoms with Gasteiger partial charge in [0.1, 0.15) is 0 Å². The largest absolute Gasteiger partial charge is 0.310 e. The zero-order valence-electron chi connectivity index (χ0n) is 45.8. The summed E-state index contributed by atoms with van der Waals surface area (Å²) in [6.45, 7) is 0. The third kappa shape index (κ3) is 7.55. The van der Waals surface area contributed by atoms with Crippen molar-refractivity contribution < 1.29 is 0 Å². The van der Waals surface area contributed by atoms with Crippen LogP contribution in [0.15, 0.2) is 315 Å². The fraction of sp³-hybridized carbons (Fsp3) is 0. The highest BCUT2D eigenvalue weighted by Crippen LogP contribution is 2.49. The van der Waals surface area contributed by atoms with Crippen molar-refractivity contribution in [3.05, 3.63) is 315 Å². The quantitative estimate of drug-likeness (QED) is 0.134. The third-order valence-electron chi connectivity index (χ3n) is 17.3. The molecule has 0 atom stereocenters. The standard InChI is InChI=1S/C80H52N4/c1-3-24-60(25-4-1)81(74-40-20-22-53-21-7-8-29-65(53)74)63-44-41-55-48-59-51-64(45-42-56(59)47-58(55)50-63)83-75-37-16-15-32-68(75)73-52-57(43-46-78(73)83)54-23-19-28-62(49-54)82(61-26-5-2-6-27-61)79-69-33-9-11-35-71(69)80(72-36-12-10-34-70(72)79)84-76-38-17-13-30-66(76)67-31-14-18-39-77(67)84/h1-52H. The smallest absolute Gasteiger partial charge is 0.0620 e. The van der Waals surface area contributed by atoms with Gasteiger partial charge in [-0.2, -0.15) is 0 Å². The predicted molar refractivity (Wildman–Crippen MR) is 357 cm³/mol. The molecule has 0 radical (unpaired) electrons. The van der Waals surface area contributed by atoms with Gasteiger partial charge in [-0.15, -0.1) is 0 Å². The van der Waals surface area contributed by atoms with Crippen LogP contribution in [0, 0.1) is 0 Å². The number of hydrogen-bond donors (Lipinski definition) is 0. The van der Waals surface area contributed by atoms with Crippen molar-refractivity contribution in [1.29, 1.82) is 0 Å². The number of anilines is 6. The summed E-state index contributed by atoms with van der Waals surface area (Å²) in [4.78, 5) is 4.86. The highest BCUT2D eigenvalue weighted by Gasteiger charge is 2.25. The maximum atomic E-state index is 2.49. The van der Waals surface area contributed by atoms with Crippen LogP contribution >= 0.6 is 0 Å². The van der Waals surface area contributed by atoms with Crippen LogP contribution in [0.4, 0.5) is 34.1 Å². The van der Waals surface area contributed by atoms with E-state index in [0.717, 1.165) is 50.9 Å². The lowest BCUT2D eigenvalue weighted by Gasteiger charge is -2.30. The minimum atomic E-state index is 1.08. The molecule has 0 fully saturated rings. The van der Waals surface area contributed by atoms with Crippen molar-refractivity contribution in [3.63, 3.8) is 0 Å². The molecule has 0 spiro atoms. The topological polar surface area (TPSA) is 16.3 Å². The molecule has 392 valence electrons. The van der Waals surface area contributed by atoms with E-state index in [0.29, 0.717) is 0 Å². The summed E-state index contributed by atoms with van der Waals surface area (Å²) in [5, 5.41) is 16.9. The zero-order valence-corrected chi connectivity index (χ0v) is 45.8. The minimum Gasteiger partial charge on any atom is -0.310 e. The second kappa shape index (κ2) is 19.2. The van der Waals surface area contributed by atoms with Crippen molar-refractivity contribution in [3.8, 4) is 22.5 Å². The van der Waals surface area contributed by atoms with E-state index in [2.05, 4.69) is 334 Å². The van der Waals surface area contributed by atoms with Gasteiger partial charge < -0.3 is 18.9 Å². The highest BCUT2D eigenvalue weighted by atomic mass is 15.2. The summed E-state index contributed by atoms with van der Waals surface area (Å²) < 4.78 is 4.93. The van der Waals surface area contributed by atoms with Crippen LogP contribution in [-0.2, 0) is 0 Å². The van der Waals surface area contributed by atoms with E-state index in [4.69, 9.17) is 0 Å². The van der Waals surface area contributed by atoms with Crippen LogP contribution in [0.3, 0.4) is 0 Å². The van der Waals surface area contributed by atoms with Gasteiger partial charge in [-0.1, -0.05) is 206 Å². The Morgan fingerprint density at radius 2 is 0.679 bits per heavy atom. The first-order chi connectivity index (χ1) is 41.7. The van der Waals surface area contributed by atoms with Crippen LogP contribution < -0.4 is 9.80 Å². The Bertz CT molecular complexity index is 5350. The molecule has 84 heavy (non-hydrogen) atoms. The molecule has 2 aromatic heterocycles. The number of rotatable bonds is 9. The van der Waals surface area contributed by atoms with Crippen LogP contribution in [0.25, 0.3) is 120 Å². The van der Waals surface area contributed by atoms with Crippen LogP contribution in [0.5, 0.6) is 0 Å². The monoisotopic (exact) mass is 1070 g/mol.